The Morgan fingerprint density at radius 2 is 2.04 bits per heavy atom. The largest absolute Gasteiger partial charge is 0.390 e. The van der Waals surface area contributed by atoms with Crippen LogP contribution in [-0.2, 0) is 0 Å². The van der Waals surface area contributed by atoms with Crippen LogP contribution < -0.4 is 10.6 Å². The number of nitrogens with zero attached hydrogens (tertiary/aromatic N) is 1. The highest BCUT2D eigenvalue weighted by Crippen LogP contribution is 2.27. The molecular formula is C14H20ClF3IN3S. The first-order valence-corrected chi connectivity index (χ1v) is 8.32. The molecular weight excluding hydrogens is 462 g/mol. The van der Waals surface area contributed by atoms with E-state index in [0.717, 1.165) is 5.56 Å². The van der Waals surface area contributed by atoms with Crippen molar-refractivity contribution in [2.45, 2.75) is 17.8 Å². The van der Waals surface area contributed by atoms with E-state index in [-0.39, 0.29) is 35.8 Å². The SMILES string of the molecule is CN=C(NCCC(F)(F)F)NCC(SC)c1cccc(Cl)c1.I. The zero-order valence-electron chi connectivity index (χ0n) is 12.8. The van der Waals surface area contributed by atoms with Crippen LogP contribution in [0, 0.1) is 0 Å². The van der Waals surface area contributed by atoms with Crippen LogP contribution in [0.3, 0.4) is 0 Å². The Labute approximate surface area is 160 Å². The standard InChI is InChI=1S/C14H19ClF3N3S.HI/c1-19-13(20-7-6-14(16,17)18)21-9-12(22-2)10-4-3-5-11(15)8-10;/h3-5,8,12H,6-7,9H2,1-2H3,(H2,19,20,21);1H. The van der Waals surface area contributed by atoms with Gasteiger partial charge in [-0.25, -0.2) is 0 Å². The lowest BCUT2D eigenvalue weighted by molar-refractivity contribution is -0.132. The normalized spacial score (nSPS) is 13.2. The number of hydrogen-bond acceptors (Lipinski definition) is 2. The summed E-state index contributed by atoms with van der Waals surface area (Å²) >= 11 is 7.60. The maximum Gasteiger partial charge on any atom is 0.390 e. The minimum Gasteiger partial charge on any atom is -0.356 e. The molecule has 0 bridgehead atoms. The zero-order valence-corrected chi connectivity index (χ0v) is 16.7. The molecule has 0 spiro atoms. The molecule has 1 aromatic rings. The van der Waals surface area contributed by atoms with Gasteiger partial charge in [0.05, 0.1) is 6.42 Å². The third kappa shape index (κ3) is 9.51. The Balaban J connectivity index is 0.00000484. The van der Waals surface area contributed by atoms with Crippen molar-refractivity contribution >= 4 is 53.3 Å². The minimum atomic E-state index is -4.17. The summed E-state index contributed by atoms with van der Waals surface area (Å²) in [6.07, 6.45) is -3.10. The van der Waals surface area contributed by atoms with Crippen LogP contribution in [0.15, 0.2) is 29.3 Å². The molecule has 0 saturated carbocycles. The third-order valence-corrected chi connectivity index (χ3v) is 4.13. The van der Waals surface area contributed by atoms with Crippen molar-refractivity contribution in [1.82, 2.24) is 10.6 Å². The quantitative estimate of drug-likeness (QED) is 0.357. The summed E-state index contributed by atoms with van der Waals surface area (Å²) in [4.78, 5) is 3.92. The van der Waals surface area contributed by atoms with Gasteiger partial charge in [0, 0.05) is 30.4 Å². The monoisotopic (exact) mass is 481 g/mol. The van der Waals surface area contributed by atoms with Crippen LogP contribution in [0.2, 0.25) is 5.02 Å². The van der Waals surface area contributed by atoms with Crippen LogP contribution in [0.5, 0.6) is 0 Å². The molecule has 0 amide bonds. The fourth-order valence-electron chi connectivity index (χ4n) is 1.78. The van der Waals surface area contributed by atoms with Crippen LogP contribution in [-0.4, -0.2) is 38.5 Å². The first-order valence-electron chi connectivity index (χ1n) is 6.65. The molecule has 0 heterocycles. The van der Waals surface area contributed by atoms with Crippen LogP contribution in [0.4, 0.5) is 13.2 Å². The summed E-state index contributed by atoms with van der Waals surface area (Å²) in [6.45, 7) is 0.331. The van der Waals surface area contributed by atoms with Crippen molar-refractivity contribution in [3.05, 3.63) is 34.9 Å². The number of rotatable bonds is 6. The van der Waals surface area contributed by atoms with E-state index in [1.807, 2.05) is 24.5 Å². The summed E-state index contributed by atoms with van der Waals surface area (Å²) in [6, 6.07) is 7.52. The Kier molecular flexibility index (Phi) is 11.1. The highest BCUT2D eigenvalue weighted by molar-refractivity contribution is 14.0. The maximum atomic E-state index is 12.1. The van der Waals surface area contributed by atoms with Gasteiger partial charge in [-0.05, 0) is 24.0 Å². The van der Waals surface area contributed by atoms with Gasteiger partial charge in [0.25, 0.3) is 0 Å². The van der Waals surface area contributed by atoms with Gasteiger partial charge in [0.15, 0.2) is 5.96 Å². The molecule has 9 heteroatoms. The number of benzene rings is 1. The van der Waals surface area contributed by atoms with Crippen molar-refractivity contribution in [1.29, 1.82) is 0 Å². The molecule has 0 aromatic heterocycles. The number of halogens is 5. The van der Waals surface area contributed by atoms with Gasteiger partial charge < -0.3 is 10.6 Å². The molecule has 132 valence electrons. The second kappa shape index (κ2) is 11.2. The second-order valence-electron chi connectivity index (χ2n) is 4.52. The predicted octanol–water partition coefficient (Wildman–Crippen LogP) is 4.48. The lowest BCUT2D eigenvalue weighted by atomic mass is 10.1. The Bertz CT molecular complexity index is 500. The van der Waals surface area contributed by atoms with Crippen molar-refractivity contribution in [3.8, 4) is 0 Å². The Morgan fingerprint density at radius 3 is 2.57 bits per heavy atom. The van der Waals surface area contributed by atoms with E-state index in [1.54, 1.807) is 17.8 Å². The fraction of sp³-hybridized carbons (Fsp3) is 0.500. The number of nitrogens with one attached hydrogen (secondary N) is 2. The second-order valence-corrected chi connectivity index (χ2v) is 6.00. The molecule has 1 unspecified atom stereocenters. The van der Waals surface area contributed by atoms with Gasteiger partial charge in [0.1, 0.15) is 0 Å². The molecule has 1 aromatic carbocycles. The van der Waals surface area contributed by atoms with Gasteiger partial charge in [-0.2, -0.15) is 24.9 Å². The molecule has 2 N–H and O–H groups in total. The molecule has 0 aliphatic rings. The highest BCUT2D eigenvalue weighted by Gasteiger charge is 2.26. The molecule has 23 heavy (non-hydrogen) atoms. The molecule has 1 rings (SSSR count). The van der Waals surface area contributed by atoms with E-state index in [2.05, 4.69) is 15.6 Å². The maximum absolute atomic E-state index is 12.1. The lowest BCUT2D eigenvalue weighted by Crippen LogP contribution is -2.40. The molecule has 0 aliphatic heterocycles. The van der Waals surface area contributed by atoms with E-state index in [4.69, 9.17) is 11.6 Å². The smallest absolute Gasteiger partial charge is 0.356 e. The molecule has 0 fully saturated rings. The van der Waals surface area contributed by atoms with Gasteiger partial charge in [-0.3, -0.25) is 4.99 Å². The van der Waals surface area contributed by atoms with Crippen molar-refractivity contribution < 1.29 is 13.2 Å². The van der Waals surface area contributed by atoms with E-state index >= 15 is 0 Å². The van der Waals surface area contributed by atoms with Gasteiger partial charge in [-0.15, -0.1) is 24.0 Å². The van der Waals surface area contributed by atoms with Crippen LogP contribution in [0.25, 0.3) is 0 Å². The summed E-state index contributed by atoms with van der Waals surface area (Å²) in [7, 11) is 1.52. The van der Waals surface area contributed by atoms with E-state index in [9.17, 15) is 13.2 Å². The minimum absolute atomic E-state index is 0. The van der Waals surface area contributed by atoms with E-state index in [0.29, 0.717) is 17.5 Å². The summed E-state index contributed by atoms with van der Waals surface area (Å²) in [5.41, 5.74) is 1.05. The fourth-order valence-corrected chi connectivity index (χ4v) is 2.64. The number of hydrogen-bond donors (Lipinski definition) is 2. The highest BCUT2D eigenvalue weighted by atomic mass is 127. The summed E-state index contributed by atoms with van der Waals surface area (Å²) in [5.74, 6) is 0.352. The average molecular weight is 482 g/mol. The van der Waals surface area contributed by atoms with Crippen molar-refractivity contribution in [2.75, 3.05) is 26.4 Å². The Hall–Kier alpha value is -0.350. The average Bonchev–Trinajstić information content (AvgIpc) is 2.45. The zero-order chi connectivity index (χ0) is 16.6. The van der Waals surface area contributed by atoms with Crippen LogP contribution >= 0.6 is 47.3 Å². The van der Waals surface area contributed by atoms with E-state index in [1.165, 1.54) is 7.05 Å². The number of thioether (sulfide) groups is 1. The van der Waals surface area contributed by atoms with Crippen molar-refractivity contribution in [3.63, 3.8) is 0 Å². The summed E-state index contributed by atoms with van der Waals surface area (Å²) < 4.78 is 36.4. The van der Waals surface area contributed by atoms with Gasteiger partial charge in [0.2, 0.25) is 0 Å². The first-order chi connectivity index (χ1) is 10.4. The van der Waals surface area contributed by atoms with Crippen LogP contribution in [0.1, 0.15) is 17.2 Å². The Morgan fingerprint density at radius 1 is 1.35 bits per heavy atom. The first kappa shape index (κ1) is 22.6. The van der Waals surface area contributed by atoms with Crippen molar-refractivity contribution in [2.24, 2.45) is 4.99 Å². The number of guanidine groups is 1. The van der Waals surface area contributed by atoms with Gasteiger partial charge in [-0.1, -0.05) is 23.7 Å². The van der Waals surface area contributed by atoms with Gasteiger partial charge >= 0.3 is 6.18 Å². The molecule has 3 nitrogen and oxygen atoms in total. The summed E-state index contributed by atoms with van der Waals surface area (Å²) in [5, 5.41) is 6.47. The van der Waals surface area contributed by atoms with E-state index < -0.39 is 12.6 Å². The predicted molar refractivity (Wildman–Crippen MR) is 103 cm³/mol. The molecule has 0 radical (unpaired) electrons. The molecule has 0 saturated heterocycles. The molecule has 0 aliphatic carbocycles. The third-order valence-electron chi connectivity index (χ3n) is 2.88. The lowest BCUT2D eigenvalue weighted by Gasteiger charge is -2.18. The topological polar surface area (TPSA) is 36.4 Å². The number of alkyl halides is 3. The number of aliphatic imine (C=N–C) groups is 1. The molecule has 1 atom stereocenters.